The third-order valence-electron chi connectivity index (χ3n) is 6.19. The minimum Gasteiger partial charge on any atom is -0.464 e. The number of ether oxygens (including phenoxy) is 4. The van der Waals surface area contributed by atoms with Gasteiger partial charge >= 0.3 is 24.2 Å². The quantitative estimate of drug-likeness (QED) is 0.225. The fraction of sp³-hybridized carbons (Fsp3) is 0.469. The summed E-state index contributed by atoms with van der Waals surface area (Å²) in [7, 11) is 1.24. The van der Waals surface area contributed by atoms with Crippen LogP contribution < -0.4 is 15.5 Å². The van der Waals surface area contributed by atoms with Gasteiger partial charge in [0.25, 0.3) is 0 Å². The molecule has 0 radical (unpaired) electrons. The summed E-state index contributed by atoms with van der Waals surface area (Å²) in [6.07, 6.45) is 3.42. The summed E-state index contributed by atoms with van der Waals surface area (Å²) in [5.41, 5.74) is 0.709. The number of pyridine rings is 1. The third-order valence-corrected chi connectivity index (χ3v) is 6.19. The van der Waals surface area contributed by atoms with Gasteiger partial charge in [-0.1, -0.05) is 18.2 Å². The molecule has 3 rings (SSSR count). The molecule has 0 fully saturated rings. The van der Waals surface area contributed by atoms with Crippen molar-refractivity contribution in [2.75, 3.05) is 23.9 Å². The lowest BCUT2D eigenvalue weighted by Crippen LogP contribution is -2.48. The molecule has 12 heteroatoms. The Morgan fingerprint density at radius 3 is 2.25 bits per heavy atom. The number of carbonyl (C=O) groups excluding carboxylic acids is 4. The van der Waals surface area contributed by atoms with Crippen LogP contribution >= 0.6 is 0 Å². The lowest BCUT2D eigenvalue weighted by atomic mass is 9.97. The highest BCUT2D eigenvalue weighted by atomic mass is 16.6. The van der Waals surface area contributed by atoms with Gasteiger partial charge in [-0.25, -0.2) is 19.2 Å². The van der Waals surface area contributed by atoms with E-state index in [0.29, 0.717) is 28.9 Å². The Hall–Kier alpha value is -4.61. The van der Waals surface area contributed by atoms with E-state index < -0.39 is 47.5 Å². The number of hydrogen-bond donors (Lipinski definition) is 2. The Kier molecular flexibility index (Phi) is 11.0. The lowest BCUT2D eigenvalue weighted by molar-refractivity contribution is -0.144. The molecule has 1 aromatic carbocycles. The first-order chi connectivity index (χ1) is 20.6. The average Bonchev–Trinajstić information content (AvgIpc) is 2.91. The van der Waals surface area contributed by atoms with Crippen LogP contribution in [-0.4, -0.2) is 60.2 Å². The number of amides is 3. The second kappa shape index (κ2) is 14.2. The molecule has 44 heavy (non-hydrogen) atoms. The van der Waals surface area contributed by atoms with Gasteiger partial charge in [0.15, 0.2) is 0 Å². The van der Waals surface area contributed by atoms with Gasteiger partial charge < -0.3 is 24.3 Å². The van der Waals surface area contributed by atoms with Crippen LogP contribution in [-0.2, 0) is 23.7 Å². The number of rotatable bonds is 4. The summed E-state index contributed by atoms with van der Waals surface area (Å²) in [5.74, 6) is -0.642. The molecule has 2 N–H and O–H groups in total. The van der Waals surface area contributed by atoms with E-state index in [-0.39, 0.29) is 18.7 Å². The average molecular weight is 611 g/mol. The first-order valence-corrected chi connectivity index (χ1v) is 14.4. The molecule has 1 aliphatic heterocycles. The minimum atomic E-state index is -1.13. The Morgan fingerprint density at radius 1 is 0.932 bits per heavy atom. The fourth-order valence-electron chi connectivity index (χ4n) is 4.44. The predicted octanol–water partition coefficient (Wildman–Crippen LogP) is 6.52. The van der Waals surface area contributed by atoms with Crippen molar-refractivity contribution in [2.24, 2.45) is 0 Å². The minimum absolute atomic E-state index is 0.0622. The van der Waals surface area contributed by atoms with Gasteiger partial charge in [0.2, 0.25) is 0 Å². The van der Waals surface area contributed by atoms with E-state index in [1.165, 1.54) is 12.0 Å². The van der Waals surface area contributed by atoms with Crippen molar-refractivity contribution in [2.45, 2.75) is 84.6 Å². The second-order valence-corrected chi connectivity index (χ2v) is 12.1. The Labute approximate surface area is 258 Å². The highest BCUT2D eigenvalue weighted by Gasteiger charge is 2.37. The van der Waals surface area contributed by atoms with Gasteiger partial charge in [0, 0.05) is 17.4 Å². The maximum Gasteiger partial charge on any atom is 0.415 e. The van der Waals surface area contributed by atoms with Crippen LogP contribution in [0.5, 0.6) is 0 Å². The number of esters is 1. The zero-order chi connectivity index (χ0) is 32.7. The van der Waals surface area contributed by atoms with Crippen LogP contribution in [0.3, 0.4) is 0 Å². The van der Waals surface area contributed by atoms with Crippen LogP contribution in [0.15, 0.2) is 48.7 Å². The molecule has 0 spiro atoms. The van der Waals surface area contributed by atoms with Crippen LogP contribution in [0, 0.1) is 0 Å². The van der Waals surface area contributed by atoms with Gasteiger partial charge in [-0.2, -0.15) is 0 Å². The van der Waals surface area contributed by atoms with Crippen LogP contribution in [0.4, 0.5) is 25.8 Å². The summed E-state index contributed by atoms with van der Waals surface area (Å²) >= 11 is 0. The van der Waals surface area contributed by atoms with Gasteiger partial charge in [0.1, 0.15) is 17.2 Å². The molecular weight excluding hydrogens is 568 g/mol. The number of benzene rings is 1. The van der Waals surface area contributed by atoms with E-state index >= 15 is 0 Å². The van der Waals surface area contributed by atoms with Gasteiger partial charge in [-0.05, 0) is 91.1 Å². The number of anilines is 2. The lowest BCUT2D eigenvalue weighted by Gasteiger charge is -2.33. The second-order valence-electron chi connectivity index (χ2n) is 12.1. The molecule has 1 unspecified atom stereocenters. The topological polar surface area (TPSA) is 145 Å². The molecule has 12 nitrogen and oxygen atoms in total. The number of fused-ring (bicyclic) bond motifs is 4. The zero-order valence-corrected chi connectivity index (χ0v) is 26.6. The smallest absolute Gasteiger partial charge is 0.415 e. The van der Waals surface area contributed by atoms with E-state index in [9.17, 15) is 19.2 Å². The SMILES string of the molecule is CCOC(=O)[C@@H]1C/C=C\CC(NC(=O)OC(C)(C)C)c2cc(ccn2)-c2ccc(NC(=O)OC)cc2N1C(=O)OC(C)(C)C. The van der Waals surface area contributed by atoms with Crippen LogP contribution in [0.1, 0.15) is 73.0 Å². The monoisotopic (exact) mass is 610 g/mol. The van der Waals surface area contributed by atoms with Crippen molar-refractivity contribution in [3.63, 3.8) is 0 Å². The number of carbonyl (C=O) groups is 4. The third kappa shape index (κ3) is 9.45. The highest BCUT2D eigenvalue weighted by Crippen LogP contribution is 2.38. The number of nitrogens with one attached hydrogen (secondary N) is 2. The molecule has 1 aliphatic rings. The standard InChI is InChI=1S/C32H42N4O8/c1-9-42-27(37)25-13-11-10-12-23(35-29(39)43-31(2,3)4)24-18-20(16-17-33-24)22-15-14-21(34-28(38)41-8)19-26(22)36(25)30(40)44-32(5,6)7/h10-11,14-19,23,25H,9,12-13H2,1-8H3,(H,34,38)(H,35,39)/b11-10-/t23?,25-/m0/s1. The molecule has 2 bridgehead atoms. The largest absolute Gasteiger partial charge is 0.464 e. The molecule has 0 saturated heterocycles. The summed E-state index contributed by atoms with van der Waals surface area (Å²) in [6, 6.07) is 6.75. The molecule has 0 saturated carbocycles. The van der Waals surface area contributed by atoms with Crippen LogP contribution in [0.25, 0.3) is 11.1 Å². The molecule has 2 aromatic rings. The van der Waals surface area contributed by atoms with Crippen molar-refractivity contribution in [3.05, 3.63) is 54.4 Å². The molecule has 3 amide bonds. The number of alkyl carbamates (subject to hydrolysis) is 1. The zero-order valence-electron chi connectivity index (χ0n) is 26.6. The summed E-state index contributed by atoms with van der Waals surface area (Å²) in [6.45, 7) is 12.3. The van der Waals surface area contributed by atoms with E-state index in [2.05, 4.69) is 15.6 Å². The fourth-order valence-corrected chi connectivity index (χ4v) is 4.44. The van der Waals surface area contributed by atoms with Gasteiger partial charge in [0.05, 0.1) is 31.1 Å². The van der Waals surface area contributed by atoms with Gasteiger partial charge in [-0.15, -0.1) is 0 Å². The molecule has 238 valence electrons. The first kappa shape index (κ1) is 33.9. The molecular formula is C32H42N4O8. The molecule has 0 aliphatic carbocycles. The maximum absolute atomic E-state index is 13.9. The van der Waals surface area contributed by atoms with Crippen molar-refractivity contribution in [1.82, 2.24) is 10.3 Å². The van der Waals surface area contributed by atoms with Crippen LogP contribution in [0.2, 0.25) is 0 Å². The maximum atomic E-state index is 13.9. The van der Waals surface area contributed by atoms with E-state index in [1.54, 1.807) is 97.1 Å². The highest BCUT2D eigenvalue weighted by molar-refractivity contribution is 6.01. The summed E-state index contributed by atoms with van der Waals surface area (Å²) in [5, 5.41) is 5.51. The Balaban J connectivity index is 2.27. The number of aromatic nitrogens is 1. The summed E-state index contributed by atoms with van der Waals surface area (Å²) in [4.78, 5) is 58.0. The molecule has 2 heterocycles. The van der Waals surface area contributed by atoms with E-state index in [1.807, 2.05) is 0 Å². The summed E-state index contributed by atoms with van der Waals surface area (Å²) < 4.78 is 21.4. The van der Waals surface area contributed by atoms with Crippen molar-refractivity contribution < 1.29 is 38.1 Å². The predicted molar refractivity (Wildman–Crippen MR) is 165 cm³/mol. The number of hydrogen-bond acceptors (Lipinski definition) is 9. The van der Waals surface area contributed by atoms with Crippen molar-refractivity contribution in [1.29, 1.82) is 0 Å². The molecule has 1 aromatic heterocycles. The van der Waals surface area contributed by atoms with Crippen molar-refractivity contribution >= 4 is 35.6 Å². The Morgan fingerprint density at radius 2 is 1.61 bits per heavy atom. The van der Waals surface area contributed by atoms with Gasteiger partial charge in [-0.3, -0.25) is 15.2 Å². The molecule has 2 atom stereocenters. The number of methoxy groups -OCH3 is 1. The Bertz CT molecular complexity index is 1390. The van der Waals surface area contributed by atoms with E-state index in [0.717, 1.165) is 0 Å². The number of nitrogens with zero attached hydrogens (tertiary/aromatic N) is 2. The van der Waals surface area contributed by atoms with Crippen molar-refractivity contribution in [3.8, 4) is 11.1 Å². The first-order valence-electron chi connectivity index (χ1n) is 14.4. The van der Waals surface area contributed by atoms with E-state index in [4.69, 9.17) is 18.9 Å². The normalized spacial score (nSPS) is 17.5.